The van der Waals surface area contributed by atoms with Gasteiger partial charge in [-0.2, -0.15) is 0 Å². The Morgan fingerprint density at radius 1 is 0.907 bits per heavy atom. The summed E-state index contributed by atoms with van der Waals surface area (Å²) >= 11 is 0. The number of carbonyl (C=O) groups excluding carboxylic acids is 1. The molecule has 43 heavy (non-hydrogen) atoms. The van der Waals surface area contributed by atoms with Crippen LogP contribution in [0.1, 0.15) is 108 Å². The van der Waals surface area contributed by atoms with E-state index < -0.39 is 83.3 Å². The molecule has 15 atom stereocenters. The molecule has 0 saturated carbocycles. The second-order valence-corrected chi connectivity index (χ2v) is 14.7. The van der Waals surface area contributed by atoms with Crippen LogP contribution in [0.4, 0.5) is 0 Å². The number of carboxylic acid groups (broad SMARTS) is 1. The molecule has 0 aromatic carbocycles. The minimum absolute atomic E-state index is 0.0667. The molecule has 10 heteroatoms. The van der Waals surface area contributed by atoms with E-state index in [0.29, 0.717) is 32.1 Å². The van der Waals surface area contributed by atoms with Crippen molar-refractivity contribution in [2.45, 2.75) is 155 Å². The fourth-order valence-corrected chi connectivity index (χ4v) is 8.56. The summed E-state index contributed by atoms with van der Waals surface area (Å²) in [5.74, 6) is -7.57. The van der Waals surface area contributed by atoms with E-state index in [-0.39, 0.29) is 23.5 Å². The molecule has 0 spiro atoms. The van der Waals surface area contributed by atoms with Gasteiger partial charge in [0.15, 0.2) is 11.6 Å². The number of hydrogen-bond donors (Lipinski definition) is 5. The lowest BCUT2D eigenvalue weighted by Gasteiger charge is -2.47. The van der Waals surface area contributed by atoms with Crippen molar-refractivity contribution in [2.24, 2.45) is 41.4 Å². The summed E-state index contributed by atoms with van der Waals surface area (Å²) in [6.45, 7) is 18.4. The molecule has 3 saturated heterocycles. The molecule has 3 aliphatic heterocycles. The third-order valence-electron chi connectivity index (χ3n) is 11.5. The predicted octanol–water partition coefficient (Wildman–Crippen LogP) is 3.90. The molecule has 0 bridgehead atoms. The van der Waals surface area contributed by atoms with E-state index in [1.807, 2.05) is 41.5 Å². The van der Waals surface area contributed by atoms with Gasteiger partial charge in [-0.25, -0.2) is 0 Å². The van der Waals surface area contributed by atoms with Crippen molar-refractivity contribution in [2.75, 3.05) is 0 Å². The summed E-state index contributed by atoms with van der Waals surface area (Å²) in [5, 5.41) is 54.3. The van der Waals surface area contributed by atoms with E-state index in [0.717, 1.165) is 0 Å². The summed E-state index contributed by atoms with van der Waals surface area (Å²) in [4.78, 5) is 25.5. The zero-order valence-electron chi connectivity index (χ0n) is 27.9. The fourth-order valence-electron chi connectivity index (χ4n) is 8.56. The van der Waals surface area contributed by atoms with Crippen LogP contribution in [0.3, 0.4) is 0 Å². The van der Waals surface area contributed by atoms with Gasteiger partial charge in [-0.3, -0.25) is 9.59 Å². The number of carbonyl (C=O) groups is 2. The minimum Gasteiger partial charge on any atom is -0.481 e. The molecule has 5 N–H and O–H groups in total. The third kappa shape index (κ3) is 6.44. The molecule has 250 valence electrons. The fraction of sp³-hybridized carbons (Fsp3) is 0.939. The Kier molecular flexibility index (Phi) is 10.9. The topological polar surface area (TPSA) is 163 Å². The standard InChI is InChI=1S/C33H58O10/c1-11-24(29-18(4)14-30(10,41-29)33(40)20(6)15-31(12-2,43-33)23(9)34)27(38)21(7)26(37)22(8)28-17(3)13-19(5)32(39,42-28)16-25(35)36/h17-24,26,28-29,34,37,39-40H,11-16H2,1-10H3,(H,35,36). The number of aliphatic hydroxyl groups is 4. The minimum atomic E-state index is -1.85. The zero-order valence-corrected chi connectivity index (χ0v) is 27.9. The smallest absolute Gasteiger partial charge is 0.308 e. The first-order chi connectivity index (χ1) is 19.7. The molecule has 0 aromatic rings. The van der Waals surface area contributed by atoms with Gasteiger partial charge in [0.1, 0.15) is 11.4 Å². The number of aliphatic carboxylic acids is 1. The molecule has 3 rings (SSSR count). The molecule has 0 amide bonds. The number of aliphatic hydroxyl groups excluding tert-OH is 2. The van der Waals surface area contributed by atoms with E-state index in [2.05, 4.69) is 0 Å². The lowest BCUT2D eigenvalue weighted by Crippen LogP contribution is -2.57. The maximum absolute atomic E-state index is 14.0. The molecule has 3 fully saturated rings. The first-order valence-electron chi connectivity index (χ1n) is 16.3. The Morgan fingerprint density at radius 3 is 2.00 bits per heavy atom. The first-order valence-corrected chi connectivity index (χ1v) is 16.3. The van der Waals surface area contributed by atoms with Gasteiger partial charge in [0.05, 0.1) is 36.4 Å². The molecular formula is C33H58O10. The van der Waals surface area contributed by atoms with Crippen LogP contribution in [0.5, 0.6) is 0 Å². The van der Waals surface area contributed by atoms with Crippen molar-refractivity contribution in [1.29, 1.82) is 0 Å². The van der Waals surface area contributed by atoms with Crippen molar-refractivity contribution in [1.82, 2.24) is 0 Å². The molecule has 15 unspecified atom stereocenters. The van der Waals surface area contributed by atoms with Gasteiger partial charge < -0.3 is 39.7 Å². The quantitative estimate of drug-likeness (QED) is 0.218. The Morgan fingerprint density at radius 2 is 1.51 bits per heavy atom. The highest BCUT2D eigenvalue weighted by Crippen LogP contribution is 2.56. The van der Waals surface area contributed by atoms with E-state index in [9.17, 15) is 35.1 Å². The maximum atomic E-state index is 14.0. The molecule has 0 radical (unpaired) electrons. The van der Waals surface area contributed by atoms with Gasteiger partial charge in [-0.15, -0.1) is 0 Å². The Labute approximate surface area is 257 Å². The van der Waals surface area contributed by atoms with Crippen molar-refractivity contribution < 1.29 is 49.3 Å². The highest BCUT2D eigenvalue weighted by molar-refractivity contribution is 5.84. The van der Waals surface area contributed by atoms with Gasteiger partial charge in [-0.1, -0.05) is 55.4 Å². The van der Waals surface area contributed by atoms with Crippen LogP contribution in [-0.4, -0.2) is 84.5 Å². The number of Topliss-reactive ketones (excluding diaryl/α,β-unsaturated/α-hetero) is 1. The van der Waals surface area contributed by atoms with E-state index in [1.165, 1.54) is 0 Å². The maximum Gasteiger partial charge on any atom is 0.308 e. The number of ether oxygens (including phenoxy) is 3. The van der Waals surface area contributed by atoms with Crippen molar-refractivity contribution in [3.8, 4) is 0 Å². The van der Waals surface area contributed by atoms with Gasteiger partial charge >= 0.3 is 5.97 Å². The Hall–Kier alpha value is -1.14. The molecule has 3 aliphatic rings. The largest absolute Gasteiger partial charge is 0.481 e. The van der Waals surface area contributed by atoms with Crippen molar-refractivity contribution in [3.05, 3.63) is 0 Å². The SMILES string of the molecule is CCC(C(=O)C(C)C(O)C(C)C1OC(O)(CC(=O)O)C(C)CC1C)C1OC(C)(C2(O)OC(CC)(C(C)O)CC2C)CC1C. The van der Waals surface area contributed by atoms with Crippen LogP contribution in [0, 0.1) is 41.4 Å². The number of carboxylic acids is 1. The lowest BCUT2D eigenvalue weighted by molar-refractivity contribution is -0.331. The average Bonchev–Trinajstić information content (AvgIpc) is 3.39. The Bertz CT molecular complexity index is 1000. The predicted molar refractivity (Wildman–Crippen MR) is 160 cm³/mol. The number of rotatable bonds is 12. The Balaban J connectivity index is 1.78. The van der Waals surface area contributed by atoms with Gasteiger partial charge in [0.25, 0.3) is 0 Å². The number of ketones is 1. The monoisotopic (exact) mass is 614 g/mol. The van der Waals surface area contributed by atoms with Gasteiger partial charge in [-0.05, 0) is 57.8 Å². The first kappa shape index (κ1) is 36.3. The summed E-state index contributed by atoms with van der Waals surface area (Å²) in [6, 6.07) is 0. The molecule has 3 heterocycles. The summed E-state index contributed by atoms with van der Waals surface area (Å²) in [5.41, 5.74) is -1.99. The summed E-state index contributed by atoms with van der Waals surface area (Å²) < 4.78 is 19.0. The van der Waals surface area contributed by atoms with Gasteiger partial charge in [0, 0.05) is 29.6 Å². The molecule has 0 aromatic heterocycles. The normalized spacial score (nSPS) is 45.3. The van der Waals surface area contributed by atoms with Crippen LogP contribution < -0.4 is 0 Å². The van der Waals surface area contributed by atoms with Crippen LogP contribution >= 0.6 is 0 Å². The highest BCUT2D eigenvalue weighted by Gasteiger charge is 2.66. The average molecular weight is 615 g/mol. The van der Waals surface area contributed by atoms with Crippen LogP contribution in [-0.2, 0) is 23.8 Å². The molecule has 10 nitrogen and oxygen atoms in total. The van der Waals surface area contributed by atoms with Crippen LogP contribution in [0.15, 0.2) is 0 Å². The van der Waals surface area contributed by atoms with Gasteiger partial charge in [0.2, 0.25) is 0 Å². The van der Waals surface area contributed by atoms with E-state index >= 15 is 0 Å². The van der Waals surface area contributed by atoms with Crippen LogP contribution in [0.25, 0.3) is 0 Å². The second-order valence-electron chi connectivity index (χ2n) is 14.7. The lowest BCUT2D eigenvalue weighted by atomic mass is 9.73. The summed E-state index contributed by atoms with van der Waals surface area (Å²) in [6.07, 6.45) is -1.12. The second kappa shape index (κ2) is 12.9. The molecule has 0 aliphatic carbocycles. The van der Waals surface area contributed by atoms with E-state index in [4.69, 9.17) is 14.2 Å². The zero-order chi connectivity index (χ0) is 32.9. The van der Waals surface area contributed by atoms with Crippen LogP contribution in [0.2, 0.25) is 0 Å². The third-order valence-corrected chi connectivity index (χ3v) is 11.5. The highest BCUT2D eigenvalue weighted by atomic mass is 16.7. The number of hydrogen-bond acceptors (Lipinski definition) is 9. The summed E-state index contributed by atoms with van der Waals surface area (Å²) in [7, 11) is 0. The van der Waals surface area contributed by atoms with Crippen molar-refractivity contribution in [3.63, 3.8) is 0 Å². The van der Waals surface area contributed by atoms with E-state index in [1.54, 1.807) is 27.7 Å². The molecular weight excluding hydrogens is 556 g/mol. The van der Waals surface area contributed by atoms with Crippen molar-refractivity contribution >= 4 is 11.8 Å².